The highest BCUT2D eigenvalue weighted by Gasteiger charge is 2.23. The first kappa shape index (κ1) is 13.8. The number of thiophene rings is 1. The van der Waals surface area contributed by atoms with Crippen LogP contribution in [-0.4, -0.2) is 5.91 Å². The molecule has 0 bridgehead atoms. The van der Waals surface area contributed by atoms with Crippen LogP contribution in [0.15, 0.2) is 34.1 Å². The van der Waals surface area contributed by atoms with E-state index < -0.39 is 0 Å². The molecule has 1 amide bonds. The summed E-state index contributed by atoms with van der Waals surface area (Å²) in [6.45, 7) is 1.97. The van der Waals surface area contributed by atoms with Gasteiger partial charge in [-0.1, -0.05) is 22.0 Å². The average Bonchev–Trinajstić information content (AvgIpc) is 2.91. The van der Waals surface area contributed by atoms with Crippen LogP contribution in [0.1, 0.15) is 45.2 Å². The predicted octanol–water partition coefficient (Wildman–Crippen LogP) is 4.63. The van der Waals surface area contributed by atoms with Crippen LogP contribution in [0.2, 0.25) is 0 Å². The number of rotatable bonds is 2. The van der Waals surface area contributed by atoms with E-state index in [0.717, 1.165) is 34.9 Å². The molecule has 1 heterocycles. The molecule has 1 aromatic heterocycles. The molecule has 0 radical (unpaired) electrons. The lowest BCUT2D eigenvalue weighted by molar-refractivity contribution is 0.0932. The molecule has 1 N–H and O–H groups in total. The van der Waals surface area contributed by atoms with E-state index in [9.17, 15) is 4.79 Å². The van der Waals surface area contributed by atoms with E-state index in [0.29, 0.717) is 0 Å². The molecule has 0 spiro atoms. The van der Waals surface area contributed by atoms with Gasteiger partial charge < -0.3 is 5.32 Å². The normalized spacial score (nSPS) is 17.6. The largest absolute Gasteiger partial charge is 0.345 e. The maximum atomic E-state index is 12.5. The Bertz CT molecular complexity index is 650. The third-order valence-electron chi connectivity index (χ3n) is 3.87. The van der Waals surface area contributed by atoms with Crippen molar-refractivity contribution < 1.29 is 4.79 Å². The number of hydrogen-bond donors (Lipinski definition) is 1. The van der Waals surface area contributed by atoms with Crippen molar-refractivity contribution in [2.24, 2.45) is 0 Å². The summed E-state index contributed by atoms with van der Waals surface area (Å²) in [5, 5.41) is 5.32. The van der Waals surface area contributed by atoms with E-state index in [2.05, 4.69) is 32.7 Å². The molecule has 0 aliphatic heterocycles. The van der Waals surface area contributed by atoms with Crippen molar-refractivity contribution in [2.75, 3.05) is 0 Å². The van der Waals surface area contributed by atoms with E-state index in [1.54, 1.807) is 11.3 Å². The summed E-state index contributed by atoms with van der Waals surface area (Å²) in [6.07, 6.45) is 3.33. The maximum Gasteiger partial charge on any atom is 0.252 e. The Morgan fingerprint density at radius 1 is 1.40 bits per heavy atom. The number of hydrogen-bond acceptors (Lipinski definition) is 2. The first-order valence-electron chi connectivity index (χ1n) is 6.79. The van der Waals surface area contributed by atoms with Crippen molar-refractivity contribution in [3.8, 4) is 0 Å². The summed E-state index contributed by atoms with van der Waals surface area (Å²) < 4.78 is 0.977. The van der Waals surface area contributed by atoms with Crippen LogP contribution in [0.3, 0.4) is 0 Å². The number of halogens is 1. The summed E-state index contributed by atoms with van der Waals surface area (Å²) in [6, 6.07) is 8.06. The molecule has 1 atom stereocenters. The molecule has 2 nitrogen and oxygen atoms in total. The minimum atomic E-state index is 0.0212. The third kappa shape index (κ3) is 2.54. The monoisotopic (exact) mass is 349 g/mol. The van der Waals surface area contributed by atoms with E-state index in [4.69, 9.17) is 0 Å². The Balaban J connectivity index is 1.83. The smallest absolute Gasteiger partial charge is 0.252 e. The molecule has 1 aliphatic rings. The fourth-order valence-electron chi connectivity index (χ4n) is 2.73. The Labute approximate surface area is 131 Å². The van der Waals surface area contributed by atoms with Crippen LogP contribution in [0.4, 0.5) is 0 Å². The number of carbonyl (C=O) groups excluding carboxylic acids is 1. The number of aryl methyl sites for hydroxylation is 1. The quantitative estimate of drug-likeness (QED) is 0.841. The zero-order chi connectivity index (χ0) is 14.1. The summed E-state index contributed by atoms with van der Waals surface area (Å²) in [7, 11) is 0. The second kappa shape index (κ2) is 5.70. The minimum Gasteiger partial charge on any atom is -0.345 e. The van der Waals surface area contributed by atoms with E-state index in [-0.39, 0.29) is 11.9 Å². The lowest BCUT2D eigenvalue weighted by atomic mass is 9.93. The molecule has 0 fully saturated rings. The van der Waals surface area contributed by atoms with Gasteiger partial charge in [-0.2, -0.15) is 0 Å². The number of carbonyl (C=O) groups is 1. The third-order valence-corrected chi connectivity index (χ3v) is 5.73. The minimum absolute atomic E-state index is 0.0212. The van der Waals surface area contributed by atoms with Gasteiger partial charge in [0.15, 0.2) is 0 Å². The van der Waals surface area contributed by atoms with Gasteiger partial charge in [0.2, 0.25) is 0 Å². The second-order valence-corrected chi connectivity index (χ2v) is 6.98. The zero-order valence-electron chi connectivity index (χ0n) is 11.3. The molecule has 4 heteroatoms. The standard InChI is InChI=1S/C16H16BrNOS/c1-10-11(4-2-5-13(10)17)16(19)18-14-6-3-7-15-12(14)8-9-20-15/h2,4-5,8-9,14H,3,6-7H2,1H3,(H,18,19). The number of benzene rings is 1. The van der Waals surface area contributed by atoms with Gasteiger partial charge in [0.05, 0.1) is 6.04 Å². The molecule has 3 rings (SSSR count). The van der Waals surface area contributed by atoms with Crippen molar-refractivity contribution in [2.45, 2.75) is 32.2 Å². The summed E-state index contributed by atoms with van der Waals surface area (Å²) >= 11 is 5.28. The van der Waals surface area contributed by atoms with Gasteiger partial charge in [0, 0.05) is 14.9 Å². The average molecular weight is 350 g/mol. The fraction of sp³-hybridized carbons (Fsp3) is 0.312. The first-order chi connectivity index (χ1) is 9.66. The summed E-state index contributed by atoms with van der Waals surface area (Å²) in [5.41, 5.74) is 3.05. The number of fused-ring (bicyclic) bond motifs is 1. The Morgan fingerprint density at radius 3 is 3.10 bits per heavy atom. The van der Waals surface area contributed by atoms with Gasteiger partial charge >= 0.3 is 0 Å². The Kier molecular flexibility index (Phi) is 3.94. The van der Waals surface area contributed by atoms with Crippen LogP contribution in [0.5, 0.6) is 0 Å². The predicted molar refractivity (Wildman–Crippen MR) is 86.3 cm³/mol. The van der Waals surface area contributed by atoms with Crippen molar-refractivity contribution in [3.05, 3.63) is 55.7 Å². The van der Waals surface area contributed by atoms with Gasteiger partial charge in [-0.3, -0.25) is 4.79 Å². The first-order valence-corrected chi connectivity index (χ1v) is 8.46. The van der Waals surface area contributed by atoms with Crippen molar-refractivity contribution in [1.82, 2.24) is 5.32 Å². The molecule has 104 valence electrons. The van der Waals surface area contributed by atoms with E-state index in [1.165, 1.54) is 10.4 Å². The van der Waals surface area contributed by atoms with Gasteiger partial charge in [0.25, 0.3) is 5.91 Å². The summed E-state index contributed by atoms with van der Waals surface area (Å²) in [5.74, 6) is 0.0212. The highest BCUT2D eigenvalue weighted by atomic mass is 79.9. The summed E-state index contributed by atoms with van der Waals surface area (Å²) in [4.78, 5) is 13.9. The maximum absolute atomic E-state index is 12.5. The molecule has 1 unspecified atom stereocenters. The van der Waals surface area contributed by atoms with Crippen LogP contribution in [0.25, 0.3) is 0 Å². The molecular formula is C16H16BrNOS. The van der Waals surface area contributed by atoms with Crippen LogP contribution < -0.4 is 5.32 Å². The van der Waals surface area contributed by atoms with Crippen LogP contribution in [0, 0.1) is 6.92 Å². The van der Waals surface area contributed by atoms with Crippen molar-refractivity contribution >= 4 is 33.2 Å². The van der Waals surface area contributed by atoms with Crippen molar-refractivity contribution in [3.63, 3.8) is 0 Å². The molecule has 0 saturated heterocycles. The lowest BCUT2D eigenvalue weighted by Crippen LogP contribution is -2.30. The molecule has 1 aromatic carbocycles. The van der Waals surface area contributed by atoms with Crippen LogP contribution in [-0.2, 0) is 6.42 Å². The van der Waals surface area contributed by atoms with E-state index >= 15 is 0 Å². The SMILES string of the molecule is Cc1c(Br)cccc1C(=O)NC1CCCc2sccc21. The van der Waals surface area contributed by atoms with Gasteiger partial charge in [-0.15, -0.1) is 11.3 Å². The molecular weight excluding hydrogens is 334 g/mol. The van der Waals surface area contributed by atoms with E-state index in [1.807, 2.05) is 25.1 Å². The van der Waals surface area contributed by atoms with Crippen molar-refractivity contribution in [1.29, 1.82) is 0 Å². The number of amides is 1. The highest BCUT2D eigenvalue weighted by molar-refractivity contribution is 9.10. The fourth-order valence-corrected chi connectivity index (χ4v) is 4.08. The van der Waals surface area contributed by atoms with Gasteiger partial charge in [0.1, 0.15) is 0 Å². The molecule has 0 saturated carbocycles. The lowest BCUT2D eigenvalue weighted by Gasteiger charge is -2.24. The van der Waals surface area contributed by atoms with Gasteiger partial charge in [-0.25, -0.2) is 0 Å². The van der Waals surface area contributed by atoms with Gasteiger partial charge in [-0.05, 0) is 60.9 Å². The second-order valence-electron chi connectivity index (χ2n) is 5.13. The molecule has 20 heavy (non-hydrogen) atoms. The molecule has 1 aliphatic carbocycles. The molecule has 2 aromatic rings. The number of nitrogens with one attached hydrogen (secondary N) is 1. The Hall–Kier alpha value is -1.13. The van der Waals surface area contributed by atoms with Crippen LogP contribution >= 0.6 is 27.3 Å². The zero-order valence-corrected chi connectivity index (χ0v) is 13.7. The Morgan fingerprint density at radius 2 is 2.25 bits per heavy atom. The highest BCUT2D eigenvalue weighted by Crippen LogP contribution is 2.33. The topological polar surface area (TPSA) is 29.1 Å².